The number of hydrogen-bond donors (Lipinski definition) is 1. The molecule has 0 spiro atoms. The number of aryl methyl sites for hydroxylation is 2. The zero-order valence-corrected chi connectivity index (χ0v) is 15.1. The van der Waals surface area contributed by atoms with E-state index in [9.17, 15) is 5.11 Å². The predicted molar refractivity (Wildman–Crippen MR) is 96.8 cm³/mol. The van der Waals surface area contributed by atoms with E-state index in [2.05, 4.69) is 36.0 Å². The minimum Gasteiger partial charge on any atom is -0.396 e. The van der Waals surface area contributed by atoms with Crippen LogP contribution in [-0.4, -0.2) is 52.7 Å². The summed E-state index contributed by atoms with van der Waals surface area (Å²) in [4.78, 5) is 2.48. The lowest BCUT2D eigenvalue weighted by atomic mass is 9.76. The summed E-state index contributed by atoms with van der Waals surface area (Å²) in [5, 5.41) is 14.5. The van der Waals surface area contributed by atoms with Crippen LogP contribution in [0.3, 0.4) is 0 Å². The van der Waals surface area contributed by atoms with Crippen molar-refractivity contribution >= 4 is 0 Å². The smallest absolute Gasteiger partial charge is 0.0719 e. The van der Waals surface area contributed by atoms with Gasteiger partial charge in [0, 0.05) is 44.0 Å². The molecule has 2 aliphatic heterocycles. The second-order valence-electron chi connectivity index (χ2n) is 7.77. The van der Waals surface area contributed by atoms with E-state index in [1.54, 1.807) is 0 Å². The SMILES string of the molecule is Cc1cc(C)c(-n2cccn2)c(CN2C[C@@H]3CCOC[C@]3(CO)C2)c1. The molecule has 2 aliphatic rings. The van der Waals surface area contributed by atoms with Gasteiger partial charge in [0.2, 0.25) is 0 Å². The van der Waals surface area contributed by atoms with Crippen molar-refractivity contribution in [3.05, 3.63) is 47.3 Å². The maximum atomic E-state index is 10.0. The highest BCUT2D eigenvalue weighted by Gasteiger charge is 2.48. The van der Waals surface area contributed by atoms with Gasteiger partial charge in [0.25, 0.3) is 0 Å². The van der Waals surface area contributed by atoms with Crippen molar-refractivity contribution in [3.8, 4) is 5.69 Å². The molecule has 2 fully saturated rings. The summed E-state index contributed by atoms with van der Waals surface area (Å²) < 4.78 is 7.67. The van der Waals surface area contributed by atoms with Gasteiger partial charge in [-0.05, 0) is 43.4 Å². The summed E-state index contributed by atoms with van der Waals surface area (Å²) in [6.45, 7) is 8.85. The molecule has 0 unspecified atom stereocenters. The summed E-state index contributed by atoms with van der Waals surface area (Å²) in [6, 6.07) is 6.45. The molecule has 5 nitrogen and oxygen atoms in total. The quantitative estimate of drug-likeness (QED) is 0.927. The summed E-state index contributed by atoms with van der Waals surface area (Å²) >= 11 is 0. The fourth-order valence-electron chi connectivity index (χ4n) is 4.69. The Kier molecular flexibility index (Phi) is 4.40. The molecule has 3 heterocycles. The maximum Gasteiger partial charge on any atom is 0.0719 e. The van der Waals surface area contributed by atoms with E-state index in [4.69, 9.17) is 4.74 Å². The van der Waals surface area contributed by atoms with Crippen LogP contribution in [0.4, 0.5) is 0 Å². The Morgan fingerprint density at radius 2 is 2.24 bits per heavy atom. The molecule has 0 radical (unpaired) electrons. The second-order valence-corrected chi connectivity index (χ2v) is 7.77. The Balaban J connectivity index is 1.63. The zero-order valence-electron chi connectivity index (χ0n) is 15.1. The van der Waals surface area contributed by atoms with E-state index in [-0.39, 0.29) is 12.0 Å². The molecule has 25 heavy (non-hydrogen) atoms. The van der Waals surface area contributed by atoms with Crippen molar-refractivity contribution in [2.24, 2.45) is 11.3 Å². The number of nitrogens with zero attached hydrogens (tertiary/aromatic N) is 3. The van der Waals surface area contributed by atoms with E-state index >= 15 is 0 Å². The normalized spacial score (nSPS) is 26.8. The van der Waals surface area contributed by atoms with Crippen molar-refractivity contribution in [1.29, 1.82) is 0 Å². The summed E-state index contributed by atoms with van der Waals surface area (Å²) in [5.41, 5.74) is 4.92. The molecule has 2 atom stereocenters. The lowest BCUT2D eigenvalue weighted by molar-refractivity contribution is -0.0561. The number of benzene rings is 1. The first-order chi connectivity index (χ1) is 12.1. The van der Waals surface area contributed by atoms with Crippen LogP contribution in [0, 0.1) is 25.2 Å². The van der Waals surface area contributed by atoms with Crippen LogP contribution in [-0.2, 0) is 11.3 Å². The fraction of sp³-hybridized carbons (Fsp3) is 0.550. The molecule has 2 aromatic rings. The van der Waals surface area contributed by atoms with Crippen LogP contribution >= 0.6 is 0 Å². The number of aliphatic hydroxyl groups is 1. The van der Waals surface area contributed by atoms with Crippen LogP contribution in [0.25, 0.3) is 5.69 Å². The second kappa shape index (κ2) is 6.56. The molecule has 4 rings (SSSR count). The molecule has 1 N–H and O–H groups in total. The van der Waals surface area contributed by atoms with Crippen LogP contribution < -0.4 is 0 Å². The Labute approximate surface area is 149 Å². The number of rotatable bonds is 4. The minimum atomic E-state index is -0.0804. The number of hydrogen-bond acceptors (Lipinski definition) is 4. The van der Waals surface area contributed by atoms with Crippen LogP contribution in [0.5, 0.6) is 0 Å². The lowest BCUT2D eigenvalue weighted by Gasteiger charge is -2.36. The third-order valence-corrected chi connectivity index (χ3v) is 5.85. The van der Waals surface area contributed by atoms with E-state index in [0.717, 1.165) is 32.7 Å². The van der Waals surface area contributed by atoms with Gasteiger partial charge in [0.05, 0.1) is 18.9 Å². The molecule has 134 valence electrons. The highest BCUT2D eigenvalue weighted by Crippen LogP contribution is 2.41. The van der Waals surface area contributed by atoms with Gasteiger partial charge in [-0.25, -0.2) is 4.68 Å². The van der Waals surface area contributed by atoms with Crippen molar-refractivity contribution in [2.75, 3.05) is 32.9 Å². The topological polar surface area (TPSA) is 50.5 Å². The number of ether oxygens (including phenoxy) is 1. The van der Waals surface area contributed by atoms with Gasteiger partial charge in [-0.15, -0.1) is 0 Å². The predicted octanol–water partition coefficient (Wildman–Crippen LogP) is 2.32. The molecule has 1 aromatic heterocycles. The van der Waals surface area contributed by atoms with Gasteiger partial charge in [-0.2, -0.15) is 5.10 Å². The summed E-state index contributed by atoms with van der Waals surface area (Å²) in [7, 11) is 0. The first kappa shape index (κ1) is 16.8. The molecule has 0 aliphatic carbocycles. The Hall–Kier alpha value is -1.69. The Morgan fingerprint density at radius 3 is 2.96 bits per heavy atom. The Bertz CT molecular complexity index is 744. The van der Waals surface area contributed by atoms with Crippen LogP contribution in [0.1, 0.15) is 23.1 Å². The fourth-order valence-corrected chi connectivity index (χ4v) is 4.69. The van der Waals surface area contributed by atoms with E-state index in [1.807, 2.05) is 23.1 Å². The molecule has 0 saturated carbocycles. The summed E-state index contributed by atoms with van der Waals surface area (Å²) in [6.07, 6.45) is 4.88. The molecule has 2 saturated heterocycles. The van der Waals surface area contributed by atoms with Crippen molar-refractivity contribution in [1.82, 2.24) is 14.7 Å². The van der Waals surface area contributed by atoms with Crippen molar-refractivity contribution in [2.45, 2.75) is 26.8 Å². The largest absolute Gasteiger partial charge is 0.396 e. The maximum absolute atomic E-state index is 10.0. The van der Waals surface area contributed by atoms with Gasteiger partial charge < -0.3 is 9.84 Å². The van der Waals surface area contributed by atoms with E-state index in [1.165, 1.54) is 22.4 Å². The first-order valence-electron chi connectivity index (χ1n) is 9.12. The van der Waals surface area contributed by atoms with Crippen LogP contribution in [0.15, 0.2) is 30.6 Å². The molecule has 0 bridgehead atoms. The van der Waals surface area contributed by atoms with Crippen molar-refractivity contribution < 1.29 is 9.84 Å². The van der Waals surface area contributed by atoms with Crippen LogP contribution in [0.2, 0.25) is 0 Å². The van der Waals surface area contributed by atoms with Gasteiger partial charge in [-0.1, -0.05) is 17.7 Å². The monoisotopic (exact) mass is 341 g/mol. The third-order valence-electron chi connectivity index (χ3n) is 5.85. The minimum absolute atomic E-state index is 0.0804. The third kappa shape index (κ3) is 3.01. The average molecular weight is 341 g/mol. The number of likely N-dealkylation sites (tertiary alicyclic amines) is 1. The van der Waals surface area contributed by atoms with E-state index < -0.39 is 0 Å². The molecular weight excluding hydrogens is 314 g/mol. The molecule has 0 amide bonds. The first-order valence-corrected chi connectivity index (χ1v) is 9.12. The molecular formula is C20H27N3O2. The molecule has 1 aromatic carbocycles. The average Bonchev–Trinajstić information content (AvgIpc) is 3.21. The van der Waals surface area contributed by atoms with E-state index in [0.29, 0.717) is 12.5 Å². The van der Waals surface area contributed by atoms with Gasteiger partial charge in [0.1, 0.15) is 0 Å². The Morgan fingerprint density at radius 1 is 1.36 bits per heavy atom. The standard InChI is InChI=1S/C20H27N3O2/c1-15-8-16(2)19(23-6-3-5-21-23)17(9-15)10-22-11-18-4-7-25-14-20(18,12-22)13-24/h3,5-6,8-9,18,24H,4,7,10-14H2,1-2H3/t18-,20+/m0/s1. The zero-order chi connectivity index (χ0) is 17.4. The van der Waals surface area contributed by atoms with Crippen molar-refractivity contribution in [3.63, 3.8) is 0 Å². The highest BCUT2D eigenvalue weighted by atomic mass is 16.5. The number of aromatic nitrogens is 2. The molecule has 5 heteroatoms. The van der Waals surface area contributed by atoms with Gasteiger partial charge in [0.15, 0.2) is 0 Å². The lowest BCUT2D eigenvalue weighted by Crippen LogP contribution is -2.42. The summed E-state index contributed by atoms with van der Waals surface area (Å²) in [5.74, 6) is 0.533. The van der Waals surface area contributed by atoms with Gasteiger partial charge in [-0.3, -0.25) is 4.90 Å². The van der Waals surface area contributed by atoms with Gasteiger partial charge >= 0.3 is 0 Å². The number of aliphatic hydroxyl groups excluding tert-OH is 1. The number of fused-ring (bicyclic) bond motifs is 1. The highest BCUT2D eigenvalue weighted by molar-refractivity contribution is 5.49.